The quantitative estimate of drug-likeness (QED) is 0.205. The van der Waals surface area contributed by atoms with E-state index in [-0.39, 0.29) is 0 Å². The summed E-state index contributed by atoms with van der Waals surface area (Å²) in [5.41, 5.74) is 8.31. The molecule has 0 spiro atoms. The lowest BCUT2D eigenvalue weighted by Gasteiger charge is -2.07. The summed E-state index contributed by atoms with van der Waals surface area (Å²) in [5, 5.41) is 1.62. The highest BCUT2D eigenvalue weighted by Gasteiger charge is 2.21. The highest BCUT2D eigenvalue weighted by atomic mass is 35.5. The zero-order valence-electron chi connectivity index (χ0n) is 19.1. The Morgan fingerprint density at radius 1 is 0.939 bits per heavy atom. The number of halogens is 1. The molecular weight excluding hydrogens is 448 g/mol. The summed E-state index contributed by atoms with van der Waals surface area (Å²) in [7, 11) is 0. The van der Waals surface area contributed by atoms with Gasteiger partial charge in [-0.2, -0.15) is 0 Å². The van der Waals surface area contributed by atoms with Crippen molar-refractivity contribution in [2.45, 2.75) is 51.9 Å². The predicted octanol–water partition coefficient (Wildman–Crippen LogP) is 6.65. The van der Waals surface area contributed by atoms with E-state index in [2.05, 4.69) is 42.7 Å². The molecule has 0 saturated heterocycles. The minimum atomic E-state index is 0.401. The topological polar surface area (TPSA) is 62.8 Å². The Morgan fingerprint density at radius 2 is 1.70 bits per heavy atom. The van der Waals surface area contributed by atoms with Gasteiger partial charge >= 0.3 is 0 Å². The molecule has 0 radical (unpaired) electrons. The largest absolute Gasteiger partial charge is 0.310 e. The Morgan fingerprint density at radius 3 is 2.42 bits per heavy atom. The number of fused-ring (bicyclic) bond motifs is 1. The molecule has 0 aliphatic carbocycles. The first-order valence-electron chi connectivity index (χ1n) is 11.7. The summed E-state index contributed by atoms with van der Waals surface area (Å²) < 4.78 is 0. The van der Waals surface area contributed by atoms with E-state index in [9.17, 15) is 0 Å². The number of hydrogen-bond donors (Lipinski definition) is 2. The van der Waals surface area contributed by atoms with Gasteiger partial charge in [0.05, 0.1) is 12.3 Å². The van der Waals surface area contributed by atoms with Crippen LogP contribution >= 0.6 is 22.9 Å². The van der Waals surface area contributed by atoms with Crippen LogP contribution in [0.1, 0.15) is 59.7 Å². The van der Waals surface area contributed by atoms with Crippen molar-refractivity contribution in [1.82, 2.24) is 5.43 Å². The summed E-state index contributed by atoms with van der Waals surface area (Å²) in [4.78, 5) is 10.8. The van der Waals surface area contributed by atoms with Crippen molar-refractivity contribution < 1.29 is 0 Å². The van der Waals surface area contributed by atoms with Crippen molar-refractivity contribution in [2.24, 2.45) is 15.8 Å². The van der Waals surface area contributed by atoms with Crippen molar-refractivity contribution in [3.63, 3.8) is 0 Å². The standard InChI is InChI=1S/C27H31ClN4S/c1-2-3-4-5-8-19-11-13-20(14-12-19)15-16-21-17-23-26(22-9-6-7-10-24(22)28)30-18-25(32-29)31-27(23)33-21/h6-7,9-14,17H,2-5,8,15-16,18,29H2,1H3,(H,31,32). The molecule has 172 valence electrons. The first kappa shape index (κ1) is 23.7. The molecule has 0 amide bonds. The SMILES string of the molecule is CCCCCCc1ccc(CCc2cc3c(s2)N=C(NN)CN=C3c2ccccc2Cl)cc1. The molecule has 0 fully saturated rings. The number of aliphatic imine (C=N–C) groups is 2. The molecule has 1 aliphatic rings. The lowest BCUT2D eigenvalue weighted by Crippen LogP contribution is -2.32. The van der Waals surface area contributed by atoms with Crippen LogP contribution in [-0.4, -0.2) is 18.1 Å². The fourth-order valence-corrected chi connectivity index (χ4v) is 5.34. The Kier molecular flexibility index (Phi) is 8.32. The minimum absolute atomic E-state index is 0.401. The third-order valence-electron chi connectivity index (χ3n) is 5.94. The third-order valence-corrected chi connectivity index (χ3v) is 7.36. The number of rotatable bonds is 9. The van der Waals surface area contributed by atoms with Crippen LogP contribution in [0.15, 0.2) is 64.6 Å². The minimum Gasteiger partial charge on any atom is -0.310 e. The van der Waals surface area contributed by atoms with E-state index in [4.69, 9.17) is 27.4 Å². The maximum atomic E-state index is 6.50. The summed E-state index contributed by atoms with van der Waals surface area (Å²) in [5.74, 6) is 6.33. The van der Waals surface area contributed by atoms with Crippen molar-refractivity contribution in [1.29, 1.82) is 0 Å². The monoisotopic (exact) mass is 478 g/mol. The molecule has 4 nitrogen and oxygen atoms in total. The third kappa shape index (κ3) is 6.11. The molecule has 0 saturated carbocycles. The number of nitrogens with zero attached hydrogens (tertiary/aromatic N) is 2. The molecule has 1 aliphatic heterocycles. The van der Waals surface area contributed by atoms with Gasteiger partial charge in [0.2, 0.25) is 0 Å². The normalized spacial score (nSPS) is 13.2. The highest BCUT2D eigenvalue weighted by Crippen LogP contribution is 2.36. The van der Waals surface area contributed by atoms with Crippen LogP contribution in [0.3, 0.4) is 0 Å². The van der Waals surface area contributed by atoms with E-state index in [1.165, 1.54) is 48.1 Å². The van der Waals surface area contributed by atoms with Crippen molar-refractivity contribution in [2.75, 3.05) is 6.54 Å². The number of hydrogen-bond acceptors (Lipinski definition) is 5. The van der Waals surface area contributed by atoms with E-state index in [1.807, 2.05) is 24.3 Å². The second-order valence-corrected chi connectivity index (χ2v) is 9.93. The Hall–Kier alpha value is -2.47. The van der Waals surface area contributed by atoms with E-state index < -0.39 is 0 Å². The number of aryl methyl sites for hydroxylation is 3. The maximum Gasteiger partial charge on any atom is 0.139 e. The van der Waals surface area contributed by atoms with Gasteiger partial charge in [0.25, 0.3) is 0 Å². The lowest BCUT2D eigenvalue weighted by molar-refractivity contribution is 0.667. The van der Waals surface area contributed by atoms with Crippen LogP contribution in [0.5, 0.6) is 0 Å². The van der Waals surface area contributed by atoms with Crippen LogP contribution in [0, 0.1) is 0 Å². The number of hydrazine groups is 1. The zero-order chi connectivity index (χ0) is 23.0. The van der Waals surface area contributed by atoms with Crippen LogP contribution in [0.25, 0.3) is 0 Å². The molecule has 1 aromatic heterocycles. The average molecular weight is 479 g/mol. The van der Waals surface area contributed by atoms with Crippen molar-refractivity contribution in [3.05, 3.63) is 86.8 Å². The van der Waals surface area contributed by atoms with E-state index in [0.717, 1.165) is 34.7 Å². The van der Waals surface area contributed by atoms with Gasteiger partial charge in [0.15, 0.2) is 0 Å². The summed E-state index contributed by atoms with van der Waals surface area (Å²) in [6, 6.07) is 19.2. The number of nitrogens with two attached hydrogens (primary N) is 1. The van der Waals surface area contributed by atoms with E-state index in [0.29, 0.717) is 17.4 Å². The van der Waals surface area contributed by atoms with Crippen LogP contribution in [0.4, 0.5) is 5.00 Å². The van der Waals surface area contributed by atoms with Crippen molar-refractivity contribution in [3.8, 4) is 0 Å². The van der Waals surface area contributed by atoms with Gasteiger partial charge in [-0.25, -0.2) is 10.8 Å². The second kappa shape index (κ2) is 11.6. The number of amidine groups is 1. The highest BCUT2D eigenvalue weighted by molar-refractivity contribution is 7.16. The van der Waals surface area contributed by atoms with Gasteiger partial charge < -0.3 is 5.43 Å². The number of unbranched alkanes of at least 4 members (excludes halogenated alkanes) is 3. The van der Waals surface area contributed by atoms with E-state index in [1.54, 1.807) is 11.3 Å². The van der Waals surface area contributed by atoms with Gasteiger partial charge in [-0.1, -0.05) is 80.3 Å². The Balaban J connectivity index is 1.48. The molecule has 33 heavy (non-hydrogen) atoms. The average Bonchev–Trinajstić information content (AvgIpc) is 3.15. The smallest absolute Gasteiger partial charge is 0.139 e. The summed E-state index contributed by atoms with van der Waals surface area (Å²) >= 11 is 8.20. The fraction of sp³-hybridized carbons (Fsp3) is 0.333. The lowest BCUT2D eigenvalue weighted by atomic mass is 10.0. The Labute approximate surface area is 205 Å². The molecule has 3 N–H and O–H groups in total. The molecular formula is C27H31ClN4S. The molecule has 2 aromatic carbocycles. The first-order valence-corrected chi connectivity index (χ1v) is 12.9. The summed E-state index contributed by atoms with van der Waals surface area (Å²) in [6.07, 6.45) is 8.36. The number of benzene rings is 2. The van der Waals surface area contributed by atoms with Crippen LogP contribution in [-0.2, 0) is 19.3 Å². The van der Waals surface area contributed by atoms with Gasteiger partial charge in [-0.3, -0.25) is 4.99 Å². The fourth-order valence-electron chi connectivity index (χ4n) is 4.06. The number of thiophene rings is 1. The Bertz CT molecular complexity index is 1130. The molecule has 2 heterocycles. The first-order chi connectivity index (χ1) is 16.2. The molecule has 0 bridgehead atoms. The maximum absolute atomic E-state index is 6.50. The molecule has 0 atom stereocenters. The second-order valence-electron chi connectivity index (χ2n) is 8.41. The number of nitrogens with one attached hydrogen (secondary N) is 1. The summed E-state index contributed by atoms with van der Waals surface area (Å²) in [6.45, 7) is 2.66. The van der Waals surface area contributed by atoms with Gasteiger partial charge in [0, 0.05) is 21.0 Å². The van der Waals surface area contributed by atoms with E-state index >= 15 is 0 Å². The van der Waals surface area contributed by atoms with Gasteiger partial charge in [-0.15, -0.1) is 11.3 Å². The zero-order valence-corrected chi connectivity index (χ0v) is 20.7. The van der Waals surface area contributed by atoms with Gasteiger partial charge in [-0.05, 0) is 48.9 Å². The predicted molar refractivity (Wildman–Crippen MR) is 142 cm³/mol. The molecule has 6 heteroatoms. The molecule has 4 rings (SSSR count). The van der Waals surface area contributed by atoms with Gasteiger partial charge in [0.1, 0.15) is 10.8 Å². The molecule has 0 unspecified atom stereocenters. The van der Waals surface area contributed by atoms with Crippen LogP contribution in [0.2, 0.25) is 5.02 Å². The van der Waals surface area contributed by atoms with Crippen LogP contribution < -0.4 is 11.3 Å². The molecule has 3 aromatic rings. The van der Waals surface area contributed by atoms with Crippen molar-refractivity contribution >= 4 is 39.5 Å².